The number of aryl methyl sites for hydroxylation is 3. The molecule has 0 aliphatic heterocycles. The molecule has 0 atom stereocenters. The third kappa shape index (κ3) is 3.10. The number of anilines is 3. The molecule has 1 aromatic heterocycles. The SMILES string of the molecule is Cc1ccc2nc3c(C)c(C)ccc3c(Nc3ccc(N(C)C)cc3)c2c1. The van der Waals surface area contributed by atoms with Gasteiger partial charge in [0, 0.05) is 36.2 Å². The van der Waals surface area contributed by atoms with Crippen LogP contribution in [0.4, 0.5) is 17.1 Å². The van der Waals surface area contributed by atoms with Crippen LogP contribution in [-0.4, -0.2) is 19.1 Å². The van der Waals surface area contributed by atoms with Crippen molar-refractivity contribution in [3.8, 4) is 0 Å². The lowest BCUT2D eigenvalue weighted by molar-refractivity contribution is 1.13. The average molecular weight is 355 g/mol. The van der Waals surface area contributed by atoms with E-state index < -0.39 is 0 Å². The molecule has 0 spiro atoms. The molecule has 0 unspecified atom stereocenters. The molecule has 1 heterocycles. The maximum absolute atomic E-state index is 4.97. The van der Waals surface area contributed by atoms with E-state index in [4.69, 9.17) is 4.98 Å². The Bertz CT molecular complexity index is 1140. The van der Waals surface area contributed by atoms with Crippen LogP contribution < -0.4 is 10.2 Å². The standard InChI is InChI=1S/C24H25N3/c1-15-6-13-22-21(14-15)24(20-12-7-16(2)17(3)23(20)26-22)25-18-8-10-19(11-9-18)27(4)5/h6-14H,1-5H3,(H,25,26). The molecule has 4 aromatic rings. The van der Waals surface area contributed by atoms with E-state index in [1.165, 1.54) is 22.4 Å². The molecule has 0 aliphatic rings. The molecule has 136 valence electrons. The van der Waals surface area contributed by atoms with Gasteiger partial charge in [-0.2, -0.15) is 0 Å². The Balaban J connectivity index is 1.95. The summed E-state index contributed by atoms with van der Waals surface area (Å²) in [6, 6.07) is 19.4. The molecule has 1 N–H and O–H groups in total. The summed E-state index contributed by atoms with van der Waals surface area (Å²) < 4.78 is 0. The number of aromatic nitrogens is 1. The largest absolute Gasteiger partial charge is 0.378 e. The predicted molar refractivity (Wildman–Crippen MR) is 118 cm³/mol. The zero-order valence-electron chi connectivity index (χ0n) is 16.6. The molecular weight excluding hydrogens is 330 g/mol. The first-order valence-corrected chi connectivity index (χ1v) is 9.29. The summed E-state index contributed by atoms with van der Waals surface area (Å²) in [7, 11) is 4.11. The highest BCUT2D eigenvalue weighted by Crippen LogP contribution is 2.35. The Morgan fingerprint density at radius 1 is 0.815 bits per heavy atom. The Labute approximate surface area is 160 Å². The number of nitrogens with one attached hydrogen (secondary N) is 1. The fourth-order valence-electron chi connectivity index (χ4n) is 3.48. The monoisotopic (exact) mass is 355 g/mol. The first-order chi connectivity index (χ1) is 12.9. The van der Waals surface area contributed by atoms with E-state index in [-0.39, 0.29) is 0 Å². The molecule has 3 heteroatoms. The molecule has 27 heavy (non-hydrogen) atoms. The van der Waals surface area contributed by atoms with Gasteiger partial charge in [-0.25, -0.2) is 4.98 Å². The van der Waals surface area contributed by atoms with Gasteiger partial charge in [0.05, 0.1) is 16.7 Å². The van der Waals surface area contributed by atoms with Gasteiger partial charge in [-0.1, -0.05) is 23.8 Å². The minimum absolute atomic E-state index is 1.02. The second-order valence-corrected chi connectivity index (χ2v) is 7.48. The number of hydrogen-bond donors (Lipinski definition) is 1. The van der Waals surface area contributed by atoms with Crippen LogP contribution in [0.15, 0.2) is 54.6 Å². The van der Waals surface area contributed by atoms with Gasteiger partial charge in [0.1, 0.15) is 0 Å². The van der Waals surface area contributed by atoms with E-state index in [1.54, 1.807) is 0 Å². The zero-order valence-corrected chi connectivity index (χ0v) is 16.6. The molecule has 3 nitrogen and oxygen atoms in total. The van der Waals surface area contributed by atoms with Gasteiger partial charge >= 0.3 is 0 Å². The van der Waals surface area contributed by atoms with Crippen molar-refractivity contribution in [3.05, 3.63) is 71.3 Å². The van der Waals surface area contributed by atoms with E-state index in [2.05, 4.69) is 99.7 Å². The summed E-state index contributed by atoms with van der Waals surface area (Å²) in [5, 5.41) is 5.99. The summed E-state index contributed by atoms with van der Waals surface area (Å²) in [5.74, 6) is 0. The molecule has 3 aromatic carbocycles. The van der Waals surface area contributed by atoms with Crippen molar-refractivity contribution in [2.24, 2.45) is 0 Å². The molecule has 0 saturated carbocycles. The number of nitrogens with zero attached hydrogens (tertiary/aromatic N) is 2. The first kappa shape index (κ1) is 17.3. The highest BCUT2D eigenvalue weighted by atomic mass is 15.1. The van der Waals surface area contributed by atoms with Crippen LogP contribution in [0.5, 0.6) is 0 Å². The maximum atomic E-state index is 4.97. The molecule has 0 amide bonds. The molecular formula is C24H25N3. The quantitative estimate of drug-likeness (QED) is 0.449. The summed E-state index contributed by atoms with van der Waals surface area (Å²) in [4.78, 5) is 7.08. The van der Waals surface area contributed by atoms with Crippen molar-refractivity contribution in [1.82, 2.24) is 4.98 Å². The Morgan fingerprint density at radius 2 is 1.56 bits per heavy atom. The van der Waals surface area contributed by atoms with Gasteiger partial charge in [0.25, 0.3) is 0 Å². The van der Waals surface area contributed by atoms with Crippen LogP contribution in [-0.2, 0) is 0 Å². The van der Waals surface area contributed by atoms with E-state index in [0.29, 0.717) is 0 Å². The molecule has 0 bridgehead atoms. The van der Waals surface area contributed by atoms with Crippen molar-refractivity contribution in [2.75, 3.05) is 24.3 Å². The van der Waals surface area contributed by atoms with E-state index in [0.717, 1.165) is 33.2 Å². The number of benzene rings is 3. The maximum Gasteiger partial charge on any atom is 0.0762 e. The Morgan fingerprint density at radius 3 is 2.26 bits per heavy atom. The highest BCUT2D eigenvalue weighted by molar-refractivity contribution is 6.09. The first-order valence-electron chi connectivity index (χ1n) is 9.29. The second kappa shape index (κ2) is 6.58. The smallest absolute Gasteiger partial charge is 0.0762 e. The van der Waals surface area contributed by atoms with Gasteiger partial charge in [-0.05, 0) is 68.3 Å². The summed E-state index contributed by atoms with van der Waals surface area (Å²) in [6.07, 6.45) is 0. The lowest BCUT2D eigenvalue weighted by Gasteiger charge is -2.17. The lowest BCUT2D eigenvalue weighted by Crippen LogP contribution is -2.08. The van der Waals surface area contributed by atoms with Gasteiger partial charge in [0.2, 0.25) is 0 Å². The number of pyridine rings is 1. The van der Waals surface area contributed by atoms with Crippen molar-refractivity contribution < 1.29 is 0 Å². The third-order valence-corrected chi connectivity index (χ3v) is 5.28. The fraction of sp³-hybridized carbons (Fsp3) is 0.208. The van der Waals surface area contributed by atoms with Crippen molar-refractivity contribution in [2.45, 2.75) is 20.8 Å². The van der Waals surface area contributed by atoms with Crippen molar-refractivity contribution in [1.29, 1.82) is 0 Å². The number of fused-ring (bicyclic) bond motifs is 2. The van der Waals surface area contributed by atoms with Gasteiger partial charge in [-0.3, -0.25) is 0 Å². The summed E-state index contributed by atoms with van der Waals surface area (Å²) in [5.41, 5.74) is 9.22. The van der Waals surface area contributed by atoms with Crippen LogP contribution in [0.1, 0.15) is 16.7 Å². The number of hydrogen-bond acceptors (Lipinski definition) is 3. The molecule has 0 fully saturated rings. The topological polar surface area (TPSA) is 28.2 Å². The lowest BCUT2D eigenvalue weighted by atomic mass is 10.0. The minimum Gasteiger partial charge on any atom is -0.378 e. The van der Waals surface area contributed by atoms with Crippen LogP contribution in [0.2, 0.25) is 0 Å². The van der Waals surface area contributed by atoms with E-state index >= 15 is 0 Å². The van der Waals surface area contributed by atoms with Crippen LogP contribution in [0.3, 0.4) is 0 Å². The van der Waals surface area contributed by atoms with Gasteiger partial charge < -0.3 is 10.2 Å². The molecule has 4 rings (SSSR count). The van der Waals surface area contributed by atoms with Crippen molar-refractivity contribution in [3.63, 3.8) is 0 Å². The van der Waals surface area contributed by atoms with Gasteiger partial charge in [0.15, 0.2) is 0 Å². The van der Waals surface area contributed by atoms with Gasteiger partial charge in [-0.15, -0.1) is 0 Å². The van der Waals surface area contributed by atoms with E-state index in [9.17, 15) is 0 Å². The van der Waals surface area contributed by atoms with Crippen molar-refractivity contribution >= 4 is 38.9 Å². The average Bonchev–Trinajstić information content (AvgIpc) is 2.65. The molecule has 0 saturated heterocycles. The Kier molecular flexibility index (Phi) is 4.23. The van der Waals surface area contributed by atoms with Crippen LogP contribution in [0, 0.1) is 20.8 Å². The van der Waals surface area contributed by atoms with Crippen LogP contribution >= 0.6 is 0 Å². The molecule has 0 radical (unpaired) electrons. The second-order valence-electron chi connectivity index (χ2n) is 7.48. The predicted octanol–water partition coefficient (Wildman–Crippen LogP) is 6.12. The summed E-state index contributed by atoms with van der Waals surface area (Å²) >= 11 is 0. The third-order valence-electron chi connectivity index (χ3n) is 5.28. The normalized spacial score (nSPS) is 11.1. The summed E-state index contributed by atoms with van der Waals surface area (Å²) in [6.45, 7) is 6.42. The fourth-order valence-corrected chi connectivity index (χ4v) is 3.48. The zero-order chi connectivity index (χ0) is 19.1. The Hall–Kier alpha value is -3.07. The number of rotatable bonds is 3. The minimum atomic E-state index is 1.02. The highest BCUT2D eigenvalue weighted by Gasteiger charge is 2.12. The van der Waals surface area contributed by atoms with Crippen LogP contribution in [0.25, 0.3) is 21.8 Å². The van der Waals surface area contributed by atoms with E-state index in [1.807, 2.05) is 0 Å². The molecule has 0 aliphatic carbocycles.